The van der Waals surface area contributed by atoms with Crippen LogP contribution in [0.25, 0.3) is 0 Å². The van der Waals surface area contributed by atoms with Gasteiger partial charge in [-0.1, -0.05) is 13.0 Å². The van der Waals surface area contributed by atoms with Crippen molar-refractivity contribution in [3.05, 3.63) is 28.8 Å². The number of hydrogen-bond acceptors (Lipinski definition) is 4. The van der Waals surface area contributed by atoms with E-state index in [0.717, 1.165) is 18.7 Å². The van der Waals surface area contributed by atoms with E-state index in [-0.39, 0.29) is 6.04 Å². The normalized spacial score (nSPS) is 12.4. The molecule has 0 aliphatic carbocycles. The zero-order valence-corrected chi connectivity index (χ0v) is 14.0. The molecule has 1 rings (SSSR count). The highest BCUT2D eigenvalue weighted by Gasteiger charge is 2.18. The maximum atomic E-state index is 5.73. The Hall–Kier alpha value is -1.10. The molecule has 1 aromatic rings. The Kier molecular flexibility index (Phi) is 8.35. The first kappa shape index (κ1) is 18.0. The monoisotopic (exact) mass is 295 g/mol. The van der Waals surface area contributed by atoms with Gasteiger partial charge in [0.15, 0.2) is 0 Å². The Balaban J connectivity index is 2.90. The van der Waals surface area contributed by atoms with Gasteiger partial charge < -0.3 is 19.5 Å². The molecule has 1 aromatic carbocycles. The lowest BCUT2D eigenvalue weighted by atomic mass is 9.98. The summed E-state index contributed by atoms with van der Waals surface area (Å²) in [5.74, 6) is 0.927. The standard InChI is InChI=1S/C17H29NO3/c1-6-7-18-15(12-21-9-8-19-4)17-14(3)10-13(2)11-16(17)20-5/h10-11,15,18H,6-9,12H2,1-5H3. The molecule has 120 valence electrons. The van der Waals surface area contributed by atoms with Crippen molar-refractivity contribution in [1.82, 2.24) is 5.32 Å². The lowest BCUT2D eigenvalue weighted by molar-refractivity contribution is 0.0581. The lowest BCUT2D eigenvalue weighted by Gasteiger charge is -2.23. The SMILES string of the molecule is CCCNC(COCCOC)c1c(C)cc(C)cc1OC. The summed E-state index contributed by atoms with van der Waals surface area (Å²) in [5.41, 5.74) is 3.63. The van der Waals surface area contributed by atoms with Crippen molar-refractivity contribution in [3.63, 3.8) is 0 Å². The van der Waals surface area contributed by atoms with E-state index < -0.39 is 0 Å². The Bertz CT molecular complexity index is 421. The van der Waals surface area contributed by atoms with E-state index in [9.17, 15) is 0 Å². The average molecular weight is 295 g/mol. The molecule has 0 radical (unpaired) electrons. The Morgan fingerprint density at radius 3 is 2.52 bits per heavy atom. The van der Waals surface area contributed by atoms with Gasteiger partial charge in [-0.3, -0.25) is 0 Å². The van der Waals surface area contributed by atoms with E-state index in [1.807, 2.05) is 0 Å². The van der Waals surface area contributed by atoms with Gasteiger partial charge in [0.25, 0.3) is 0 Å². The van der Waals surface area contributed by atoms with Crippen molar-refractivity contribution in [3.8, 4) is 5.75 Å². The summed E-state index contributed by atoms with van der Waals surface area (Å²) in [4.78, 5) is 0. The molecule has 0 bridgehead atoms. The molecule has 1 N–H and O–H groups in total. The van der Waals surface area contributed by atoms with Crippen LogP contribution in [-0.4, -0.2) is 40.6 Å². The maximum Gasteiger partial charge on any atom is 0.124 e. The largest absolute Gasteiger partial charge is 0.496 e. The van der Waals surface area contributed by atoms with Gasteiger partial charge in [-0.2, -0.15) is 0 Å². The molecule has 0 aliphatic rings. The molecule has 0 heterocycles. The molecule has 0 saturated carbocycles. The summed E-state index contributed by atoms with van der Waals surface area (Å²) in [6, 6.07) is 4.41. The fourth-order valence-electron chi connectivity index (χ4n) is 2.46. The lowest BCUT2D eigenvalue weighted by Crippen LogP contribution is -2.28. The van der Waals surface area contributed by atoms with E-state index in [4.69, 9.17) is 14.2 Å². The molecule has 1 unspecified atom stereocenters. The molecule has 0 aromatic heterocycles. The van der Waals surface area contributed by atoms with Crippen molar-refractivity contribution in [2.24, 2.45) is 0 Å². The summed E-state index contributed by atoms with van der Waals surface area (Å²) >= 11 is 0. The highest BCUT2D eigenvalue weighted by atomic mass is 16.5. The van der Waals surface area contributed by atoms with Gasteiger partial charge in [0.2, 0.25) is 0 Å². The Morgan fingerprint density at radius 1 is 1.14 bits per heavy atom. The quantitative estimate of drug-likeness (QED) is 0.674. The van der Waals surface area contributed by atoms with Crippen LogP contribution < -0.4 is 10.1 Å². The average Bonchev–Trinajstić information content (AvgIpc) is 2.46. The van der Waals surface area contributed by atoms with Crippen LogP contribution in [-0.2, 0) is 9.47 Å². The third-order valence-electron chi connectivity index (χ3n) is 3.42. The van der Waals surface area contributed by atoms with Gasteiger partial charge >= 0.3 is 0 Å². The van der Waals surface area contributed by atoms with E-state index in [1.54, 1.807) is 14.2 Å². The number of aryl methyl sites for hydroxylation is 2. The third-order valence-corrected chi connectivity index (χ3v) is 3.42. The summed E-state index contributed by atoms with van der Waals surface area (Å²) in [5, 5.41) is 3.55. The zero-order chi connectivity index (χ0) is 15.7. The van der Waals surface area contributed by atoms with E-state index in [1.165, 1.54) is 16.7 Å². The van der Waals surface area contributed by atoms with Crippen molar-refractivity contribution in [2.45, 2.75) is 33.2 Å². The second kappa shape index (κ2) is 9.77. The molecular weight excluding hydrogens is 266 g/mol. The fraction of sp³-hybridized carbons (Fsp3) is 0.647. The minimum Gasteiger partial charge on any atom is -0.496 e. The summed E-state index contributed by atoms with van der Waals surface area (Å²) in [6.45, 7) is 9.16. The van der Waals surface area contributed by atoms with Crippen molar-refractivity contribution >= 4 is 0 Å². The molecule has 4 nitrogen and oxygen atoms in total. The molecule has 21 heavy (non-hydrogen) atoms. The number of benzene rings is 1. The highest BCUT2D eigenvalue weighted by molar-refractivity contribution is 5.45. The van der Waals surface area contributed by atoms with Gasteiger partial charge in [0.05, 0.1) is 33.0 Å². The van der Waals surface area contributed by atoms with E-state index in [2.05, 4.69) is 38.2 Å². The summed E-state index contributed by atoms with van der Waals surface area (Å²) in [7, 11) is 3.41. The third kappa shape index (κ3) is 5.65. The van der Waals surface area contributed by atoms with Crippen LogP contribution in [0.4, 0.5) is 0 Å². The van der Waals surface area contributed by atoms with Crippen molar-refractivity contribution in [1.29, 1.82) is 0 Å². The van der Waals surface area contributed by atoms with Crippen LogP contribution in [0.2, 0.25) is 0 Å². The fourth-order valence-corrected chi connectivity index (χ4v) is 2.46. The Labute approximate surface area is 128 Å². The molecule has 1 atom stereocenters. The van der Waals surface area contributed by atoms with Crippen LogP contribution >= 0.6 is 0 Å². The predicted molar refractivity (Wildman–Crippen MR) is 86.2 cm³/mol. The van der Waals surface area contributed by atoms with Crippen LogP contribution in [0, 0.1) is 13.8 Å². The van der Waals surface area contributed by atoms with Gasteiger partial charge in [-0.15, -0.1) is 0 Å². The minimum absolute atomic E-state index is 0.136. The van der Waals surface area contributed by atoms with Crippen LogP contribution in [0.3, 0.4) is 0 Å². The maximum absolute atomic E-state index is 5.73. The van der Waals surface area contributed by atoms with Gasteiger partial charge in [-0.05, 0) is 44.0 Å². The number of rotatable bonds is 10. The second-order valence-corrected chi connectivity index (χ2v) is 5.27. The molecule has 0 amide bonds. The molecule has 0 spiro atoms. The molecule has 0 aliphatic heterocycles. The molecule has 0 fully saturated rings. The summed E-state index contributed by atoms with van der Waals surface area (Å²) < 4.78 is 16.3. The Morgan fingerprint density at radius 2 is 1.90 bits per heavy atom. The van der Waals surface area contributed by atoms with Crippen molar-refractivity contribution in [2.75, 3.05) is 40.6 Å². The first-order valence-corrected chi connectivity index (χ1v) is 7.59. The van der Waals surface area contributed by atoms with E-state index >= 15 is 0 Å². The number of methoxy groups -OCH3 is 2. The van der Waals surface area contributed by atoms with Crippen molar-refractivity contribution < 1.29 is 14.2 Å². The van der Waals surface area contributed by atoms with Gasteiger partial charge in [0.1, 0.15) is 5.75 Å². The molecule has 4 heteroatoms. The van der Waals surface area contributed by atoms with Crippen LogP contribution in [0.15, 0.2) is 12.1 Å². The second-order valence-electron chi connectivity index (χ2n) is 5.27. The zero-order valence-electron chi connectivity index (χ0n) is 14.0. The number of nitrogens with one attached hydrogen (secondary N) is 1. The number of ether oxygens (including phenoxy) is 3. The topological polar surface area (TPSA) is 39.7 Å². The molecular formula is C17H29NO3. The summed E-state index contributed by atoms with van der Waals surface area (Å²) in [6.07, 6.45) is 1.09. The van der Waals surface area contributed by atoms with Gasteiger partial charge in [0, 0.05) is 12.7 Å². The highest BCUT2D eigenvalue weighted by Crippen LogP contribution is 2.30. The first-order chi connectivity index (χ1) is 10.1. The predicted octanol–water partition coefficient (Wildman–Crippen LogP) is 3.02. The first-order valence-electron chi connectivity index (χ1n) is 7.59. The smallest absolute Gasteiger partial charge is 0.124 e. The number of hydrogen-bond donors (Lipinski definition) is 1. The van der Waals surface area contributed by atoms with Crippen LogP contribution in [0.1, 0.15) is 36.1 Å². The van der Waals surface area contributed by atoms with E-state index in [0.29, 0.717) is 19.8 Å². The molecule has 0 saturated heterocycles. The van der Waals surface area contributed by atoms with Gasteiger partial charge in [-0.25, -0.2) is 0 Å². The van der Waals surface area contributed by atoms with Crippen LogP contribution in [0.5, 0.6) is 5.75 Å². The minimum atomic E-state index is 0.136.